The molecular weight excluding hydrogens is 458 g/mol. The molecule has 0 aromatic heterocycles. The molecule has 3 aromatic rings. The van der Waals surface area contributed by atoms with Crippen LogP contribution in [0.25, 0.3) is 0 Å². The lowest BCUT2D eigenvalue weighted by molar-refractivity contribution is -0.118. The van der Waals surface area contributed by atoms with E-state index in [0.717, 1.165) is 21.3 Å². The SMILES string of the molecule is O=C(C1=CC[C@@H](c2ccc(Br)cc2)[C@@]2(S1)C(=O)Nc1ccccc12)c1ccccc1. The fourth-order valence-corrected chi connectivity index (χ4v) is 6.12. The van der Waals surface area contributed by atoms with Gasteiger partial charge in [0.2, 0.25) is 5.91 Å². The zero-order chi connectivity index (χ0) is 20.7. The van der Waals surface area contributed by atoms with Gasteiger partial charge in [-0.1, -0.05) is 94.4 Å². The van der Waals surface area contributed by atoms with Gasteiger partial charge in [-0.15, -0.1) is 0 Å². The van der Waals surface area contributed by atoms with Gasteiger partial charge in [0.25, 0.3) is 0 Å². The first kappa shape index (κ1) is 19.3. The van der Waals surface area contributed by atoms with E-state index in [1.165, 1.54) is 11.8 Å². The molecule has 0 radical (unpaired) electrons. The number of nitrogens with one attached hydrogen (secondary N) is 1. The first-order valence-electron chi connectivity index (χ1n) is 9.75. The Balaban J connectivity index is 1.65. The van der Waals surface area contributed by atoms with Crippen LogP contribution in [0.1, 0.15) is 33.8 Å². The van der Waals surface area contributed by atoms with E-state index in [-0.39, 0.29) is 17.6 Å². The fraction of sp³-hybridized carbons (Fsp3) is 0.120. The monoisotopic (exact) mass is 475 g/mol. The highest BCUT2D eigenvalue weighted by molar-refractivity contribution is 9.10. The summed E-state index contributed by atoms with van der Waals surface area (Å²) in [5, 5.41) is 3.06. The summed E-state index contributed by atoms with van der Waals surface area (Å²) in [6.07, 6.45) is 2.61. The van der Waals surface area contributed by atoms with Crippen LogP contribution in [-0.4, -0.2) is 11.7 Å². The first-order valence-corrected chi connectivity index (χ1v) is 11.4. The number of hydrogen-bond acceptors (Lipinski definition) is 3. The summed E-state index contributed by atoms with van der Waals surface area (Å²) in [7, 11) is 0. The average Bonchev–Trinajstić information content (AvgIpc) is 3.06. The summed E-state index contributed by atoms with van der Waals surface area (Å²) in [4.78, 5) is 27.3. The van der Waals surface area contributed by atoms with E-state index in [1.54, 1.807) is 0 Å². The molecule has 30 heavy (non-hydrogen) atoms. The molecule has 0 saturated heterocycles. The number of para-hydroxylation sites is 1. The van der Waals surface area contributed by atoms with Gasteiger partial charge < -0.3 is 5.32 Å². The topological polar surface area (TPSA) is 46.2 Å². The third kappa shape index (κ3) is 3.04. The number of allylic oxidation sites excluding steroid dienone is 2. The summed E-state index contributed by atoms with van der Waals surface area (Å²) in [6, 6.07) is 25.2. The zero-order valence-corrected chi connectivity index (χ0v) is 18.4. The van der Waals surface area contributed by atoms with Gasteiger partial charge in [0.1, 0.15) is 4.75 Å². The van der Waals surface area contributed by atoms with Crippen molar-refractivity contribution in [1.82, 2.24) is 0 Å². The van der Waals surface area contributed by atoms with Gasteiger partial charge in [-0.3, -0.25) is 9.59 Å². The Hall–Kier alpha value is -2.63. The van der Waals surface area contributed by atoms with E-state index >= 15 is 0 Å². The van der Waals surface area contributed by atoms with Crippen molar-refractivity contribution < 1.29 is 9.59 Å². The molecule has 3 nitrogen and oxygen atoms in total. The number of thioether (sulfide) groups is 1. The number of Topliss-reactive ketones (excluding diaryl/α,β-unsaturated/α-hetero) is 1. The van der Waals surface area contributed by atoms with E-state index in [2.05, 4.69) is 33.4 Å². The van der Waals surface area contributed by atoms with Gasteiger partial charge in [-0.2, -0.15) is 0 Å². The Morgan fingerprint density at radius 1 is 0.967 bits per heavy atom. The van der Waals surface area contributed by atoms with Crippen molar-refractivity contribution in [3.63, 3.8) is 0 Å². The number of amides is 1. The number of halogens is 1. The van der Waals surface area contributed by atoms with E-state index in [9.17, 15) is 9.59 Å². The van der Waals surface area contributed by atoms with Gasteiger partial charge in [0.15, 0.2) is 5.78 Å². The Kier molecular flexibility index (Phi) is 4.88. The van der Waals surface area contributed by atoms with Gasteiger partial charge >= 0.3 is 0 Å². The van der Waals surface area contributed by atoms with Crippen molar-refractivity contribution in [2.75, 3.05) is 5.32 Å². The van der Waals surface area contributed by atoms with Gasteiger partial charge in [0, 0.05) is 27.2 Å². The molecule has 0 bridgehead atoms. The van der Waals surface area contributed by atoms with Gasteiger partial charge in [-0.25, -0.2) is 0 Å². The minimum Gasteiger partial charge on any atom is -0.324 e. The van der Waals surface area contributed by atoms with E-state index in [0.29, 0.717) is 16.9 Å². The average molecular weight is 476 g/mol. The molecule has 0 aliphatic carbocycles. The van der Waals surface area contributed by atoms with E-state index in [4.69, 9.17) is 0 Å². The fourth-order valence-electron chi connectivity index (χ4n) is 4.31. The standard InChI is InChI=1S/C25H18BrNO2S/c26-18-12-10-16(11-13-18)19-14-15-22(23(28)17-6-2-1-3-7-17)30-25(19)20-8-4-5-9-21(20)27-24(25)29/h1-13,15,19H,14H2,(H,27,29)/t19-,25-/m0/s1. The number of carbonyl (C=O) groups is 2. The number of ketones is 1. The normalized spacial score (nSPS) is 22.4. The molecule has 1 N–H and O–H groups in total. The molecule has 5 rings (SSSR count). The minimum absolute atomic E-state index is 0.0357. The molecule has 3 aromatic carbocycles. The van der Waals surface area contributed by atoms with Crippen LogP contribution in [0.3, 0.4) is 0 Å². The molecule has 0 saturated carbocycles. The van der Waals surface area contributed by atoms with Crippen molar-refractivity contribution in [2.24, 2.45) is 0 Å². The van der Waals surface area contributed by atoms with Crippen LogP contribution < -0.4 is 5.32 Å². The predicted molar refractivity (Wildman–Crippen MR) is 125 cm³/mol. The van der Waals surface area contributed by atoms with Crippen LogP contribution in [-0.2, 0) is 9.54 Å². The minimum atomic E-state index is -0.876. The second kappa shape index (κ2) is 7.56. The van der Waals surface area contributed by atoms with Crippen molar-refractivity contribution in [3.8, 4) is 0 Å². The van der Waals surface area contributed by atoms with Crippen LogP contribution in [0.2, 0.25) is 0 Å². The maximum atomic E-state index is 13.5. The van der Waals surface area contributed by atoms with Gasteiger partial charge in [-0.05, 0) is 30.2 Å². The molecule has 0 unspecified atom stereocenters. The Bertz CT molecular complexity index is 1170. The molecule has 0 fully saturated rings. The molecule has 148 valence electrons. The summed E-state index contributed by atoms with van der Waals surface area (Å²) >= 11 is 4.89. The van der Waals surface area contributed by atoms with E-state index < -0.39 is 4.75 Å². The maximum Gasteiger partial charge on any atom is 0.246 e. The van der Waals surface area contributed by atoms with Crippen LogP contribution in [0.4, 0.5) is 5.69 Å². The summed E-state index contributed by atoms with van der Waals surface area (Å²) in [6.45, 7) is 0. The number of rotatable bonds is 3. The first-order chi connectivity index (χ1) is 14.6. The lowest BCUT2D eigenvalue weighted by atomic mass is 9.78. The largest absolute Gasteiger partial charge is 0.324 e. The molecule has 2 aliphatic heterocycles. The van der Waals surface area contributed by atoms with Crippen LogP contribution in [0.5, 0.6) is 0 Å². The van der Waals surface area contributed by atoms with Gasteiger partial charge in [0.05, 0.1) is 4.91 Å². The zero-order valence-electron chi connectivity index (χ0n) is 16.0. The highest BCUT2D eigenvalue weighted by atomic mass is 79.9. The highest BCUT2D eigenvalue weighted by Crippen LogP contribution is 2.60. The smallest absolute Gasteiger partial charge is 0.246 e. The molecule has 2 aliphatic rings. The van der Waals surface area contributed by atoms with Crippen LogP contribution in [0.15, 0.2) is 94.3 Å². The van der Waals surface area contributed by atoms with E-state index in [1.807, 2.05) is 72.8 Å². The number of anilines is 1. The summed E-state index contributed by atoms with van der Waals surface area (Å²) in [5.41, 5.74) is 3.49. The third-order valence-electron chi connectivity index (χ3n) is 5.75. The lowest BCUT2D eigenvalue weighted by Gasteiger charge is -2.39. The molecule has 1 amide bonds. The Morgan fingerprint density at radius 2 is 1.67 bits per heavy atom. The molecule has 2 atom stereocenters. The van der Waals surface area contributed by atoms with Crippen molar-refractivity contribution in [3.05, 3.63) is 111 Å². The quantitative estimate of drug-likeness (QED) is 0.453. The Morgan fingerprint density at radius 3 is 2.43 bits per heavy atom. The highest BCUT2D eigenvalue weighted by Gasteiger charge is 2.55. The van der Waals surface area contributed by atoms with Crippen LogP contribution in [0, 0.1) is 0 Å². The summed E-state index contributed by atoms with van der Waals surface area (Å²) < 4.78 is 0.120. The number of hydrogen-bond donors (Lipinski definition) is 1. The maximum absolute atomic E-state index is 13.5. The lowest BCUT2D eigenvalue weighted by Crippen LogP contribution is -2.39. The van der Waals surface area contributed by atoms with Crippen molar-refractivity contribution >= 4 is 45.1 Å². The predicted octanol–water partition coefficient (Wildman–Crippen LogP) is 6.28. The molecule has 2 heterocycles. The summed E-state index contributed by atoms with van der Waals surface area (Å²) in [5.74, 6) is -0.175. The third-order valence-corrected chi connectivity index (χ3v) is 7.86. The second-order valence-electron chi connectivity index (χ2n) is 7.44. The number of benzene rings is 3. The van der Waals surface area contributed by atoms with Crippen molar-refractivity contribution in [2.45, 2.75) is 17.1 Å². The molecule has 5 heteroatoms. The number of carbonyl (C=O) groups excluding carboxylic acids is 2. The van der Waals surface area contributed by atoms with Crippen molar-refractivity contribution in [1.29, 1.82) is 0 Å². The molecule has 1 spiro atoms. The molecular formula is C25H18BrNO2S. The second-order valence-corrected chi connectivity index (χ2v) is 9.64. The Labute approximate surface area is 187 Å². The number of fused-ring (bicyclic) bond motifs is 2. The van der Waals surface area contributed by atoms with Crippen LogP contribution >= 0.6 is 27.7 Å².